The van der Waals surface area contributed by atoms with Crippen molar-refractivity contribution < 1.29 is 9.90 Å². The fraction of sp³-hybridized carbons (Fsp3) is 0.889. The fourth-order valence-corrected chi connectivity index (χ4v) is 1.33. The highest BCUT2D eigenvalue weighted by Crippen LogP contribution is 2.29. The molecule has 0 spiro atoms. The molecule has 0 bridgehead atoms. The number of carboxylic acids is 1. The Morgan fingerprint density at radius 3 is 2.62 bits per heavy atom. The van der Waals surface area contributed by atoms with Crippen molar-refractivity contribution in [2.24, 2.45) is 5.92 Å². The Bertz CT molecular complexity index is 160. The van der Waals surface area contributed by atoms with Crippen LogP contribution in [0.3, 0.4) is 0 Å². The Balaban J connectivity index is 0.00000144. The van der Waals surface area contributed by atoms with Gasteiger partial charge in [-0.05, 0) is 38.8 Å². The highest BCUT2D eigenvalue weighted by molar-refractivity contribution is 5.85. The summed E-state index contributed by atoms with van der Waals surface area (Å²) in [5.74, 6) is 0.217. The summed E-state index contributed by atoms with van der Waals surface area (Å²) < 4.78 is 0. The van der Waals surface area contributed by atoms with E-state index in [1.807, 2.05) is 0 Å². The van der Waals surface area contributed by atoms with E-state index in [0.717, 1.165) is 25.4 Å². The van der Waals surface area contributed by atoms with E-state index in [1.54, 1.807) is 0 Å². The molecule has 0 aromatic carbocycles. The van der Waals surface area contributed by atoms with Gasteiger partial charge in [0, 0.05) is 13.0 Å². The van der Waals surface area contributed by atoms with Crippen LogP contribution >= 0.6 is 12.4 Å². The Labute approximate surface area is 85.5 Å². The van der Waals surface area contributed by atoms with Crippen LogP contribution < -0.4 is 0 Å². The summed E-state index contributed by atoms with van der Waals surface area (Å²) in [5, 5.41) is 8.40. The third-order valence-electron chi connectivity index (χ3n) is 2.20. The van der Waals surface area contributed by atoms with E-state index in [9.17, 15) is 4.79 Å². The summed E-state index contributed by atoms with van der Waals surface area (Å²) in [6.07, 6.45) is 3.81. The molecule has 0 amide bonds. The molecule has 4 heteroatoms. The maximum absolute atomic E-state index is 10.2. The van der Waals surface area contributed by atoms with Crippen LogP contribution in [-0.2, 0) is 4.79 Å². The van der Waals surface area contributed by atoms with Gasteiger partial charge in [-0.1, -0.05) is 0 Å². The van der Waals surface area contributed by atoms with Gasteiger partial charge in [0.15, 0.2) is 0 Å². The lowest BCUT2D eigenvalue weighted by Gasteiger charge is -2.14. The first-order valence-electron chi connectivity index (χ1n) is 4.59. The van der Waals surface area contributed by atoms with Gasteiger partial charge in [-0.15, -0.1) is 12.4 Å². The first kappa shape index (κ1) is 12.7. The maximum atomic E-state index is 10.2. The van der Waals surface area contributed by atoms with E-state index in [-0.39, 0.29) is 12.4 Å². The molecular formula is C9H18ClNO2. The number of hydrogen-bond donors (Lipinski definition) is 1. The van der Waals surface area contributed by atoms with E-state index >= 15 is 0 Å². The zero-order valence-electron chi connectivity index (χ0n) is 8.03. The second-order valence-corrected chi connectivity index (χ2v) is 3.70. The standard InChI is InChI=1S/C9H17NO2.ClH/c1-10(7-8-4-5-8)6-2-3-9(11)12;/h8H,2-7H2,1H3,(H,11,12);1H. The van der Waals surface area contributed by atoms with Gasteiger partial charge in [0.2, 0.25) is 0 Å². The van der Waals surface area contributed by atoms with E-state index in [0.29, 0.717) is 6.42 Å². The van der Waals surface area contributed by atoms with Crippen molar-refractivity contribution in [1.29, 1.82) is 0 Å². The Hall–Kier alpha value is -0.280. The van der Waals surface area contributed by atoms with Gasteiger partial charge >= 0.3 is 5.97 Å². The largest absolute Gasteiger partial charge is 0.481 e. The van der Waals surface area contributed by atoms with Gasteiger partial charge in [-0.3, -0.25) is 4.79 Å². The minimum absolute atomic E-state index is 0. The summed E-state index contributed by atoms with van der Waals surface area (Å²) in [4.78, 5) is 12.4. The number of nitrogens with zero attached hydrogens (tertiary/aromatic N) is 1. The minimum atomic E-state index is -0.685. The van der Waals surface area contributed by atoms with Crippen molar-refractivity contribution in [2.45, 2.75) is 25.7 Å². The number of carboxylic acid groups (broad SMARTS) is 1. The van der Waals surface area contributed by atoms with Crippen LogP contribution in [0.5, 0.6) is 0 Å². The number of hydrogen-bond acceptors (Lipinski definition) is 2. The summed E-state index contributed by atoms with van der Waals surface area (Å²) >= 11 is 0. The van der Waals surface area contributed by atoms with Gasteiger partial charge in [-0.2, -0.15) is 0 Å². The smallest absolute Gasteiger partial charge is 0.303 e. The molecule has 0 saturated heterocycles. The molecule has 0 aromatic heterocycles. The fourth-order valence-electron chi connectivity index (χ4n) is 1.33. The lowest BCUT2D eigenvalue weighted by atomic mass is 10.3. The third kappa shape index (κ3) is 6.84. The van der Waals surface area contributed by atoms with E-state index in [2.05, 4.69) is 11.9 Å². The molecule has 0 atom stereocenters. The molecule has 1 aliphatic rings. The molecule has 1 aliphatic carbocycles. The molecule has 0 radical (unpaired) electrons. The van der Waals surface area contributed by atoms with Crippen LogP contribution in [0, 0.1) is 5.92 Å². The number of halogens is 1. The predicted molar refractivity (Wildman–Crippen MR) is 54.3 cm³/mol. The molecule has 1 saturated carbocycles. The third-order valence-corrected chi connectivity index (χ3v) is 2.20. The average molecular weight is 208 g/mol. The van der Waals surface area contributed by atoms with E-state index in [4.69, 9.17) is 5.11 Å². The van der Waals surface area contributed by atoms with Gasteiger partial charge in [0.1, 0.15) is 0 Å². The topological polar surface area (TPSA) is 40.5 Å². The normalized spacial score (nSPS) is 15.5. The van der Waals surface area contributed by atoms with Gasteiger partial charge in [-0.25, -0.2) is 0 Å². The molecule has 1 N–H and O–H groups in total. The lowest BCUT2D eigenvalue weighted by molar-refractivity contribution is -0.137. The summed E-state index contributed by atoms with van der Waals surface area (Å²) in [6, 6.07) is 0. The number of carbonyl (C=O) groups is 1. The van der Waals surface area contributed by atoms with Crippen molar-refractivity contribution in [1.82, 2.24) is 4.90 Å². The van der Waals surface area contributed by atoms with Crippen molar-refractivity contribution >= 4 is 18.4 Å². The second-order valence-electron chi connectivity index (χ2n) is 3.70. The molecular weight excluding hydrogens is 190 g/mol. The summed E-state index contributed by atoms with van der Waals surface area (Å²) in [5.41, 5.74) is 0. The quantitative estimate of drug-likeness (QED) is 0.720. The Kier molecular flexibility index (Phi) is 6.08. The monoisotopic (exact) mass is 207 g/mol. The molecule has 0 aliphatic heterocycles. The first-order valence-corrected chi connectivity index (χ1v) is 4.59. The van der Waals surface area contributed by atoms with Crippen molar-refractivity contribution in [2.75, 3.05) is 20.1 Å². The molecule has 1 fully saturated rings. The van der Waals surface area contributed by atoms with Crippen molar-refractivity contribution in [3.63, 3.8) is 0 Å². The average Bonchev–Trinajstić information content (AvgIpc) is 2.70. The van der Waals surface area contributed by atoms with Crippen LogP contribution in [-0.4, -0.2) is 36.1 Å². The Morgan fingerprint density at radius 1 is 1.54 bits per heavy atom. The van der Waals surface area contributed by atoms with Crippen LogP contribution in [0.15, 0.2) is 0 Å². The lowest BCUT2D eigenvalue weighted by Crippen LogP contribution is -2.22. The van der Waals surface area contributed by atoms with Crippen LogP contribution in [0.25, 0.3) is 0 Å². The van der Waals surface area contributed by atoms with Crippen molar-refractivity contribution in [3.05, 3.63) is 0 Å². The van der Waals surface area contributed by atoms with Crippen LogP contribution in [0.2, 0.25) is 0 Å². The van der Waals surface area contributed by atoms with E-state index in [1.165, 1.54) is 12.8 Å². The molecule has 0 unspecified atom stereocenters. The van der Waals surface area contributed by atoms with Gasteiger partial charge < -0.3 is 10.0 Å². The maximum Gasteiger partial charge on any atom is 0.303 e. The summed E-state index contributed by atoms with van der Waals surface area (Å²) in [6.45, 7) is 2.07. The van der Waals surface area contributed by atoms with Crippen molar-refractivity contribution in [3.8, 4) is 0 Å². The minimum Gasteiger partial charge on any atom is -0.481 e. The molecule has 13 heavy (non-hydrogen) atoms. The van der Waals surface area contributed by atoms with Gasteiger partial charge in [0.25, 0.3) is 0 Å². The number of aliphatic carboxylic acids is 1. The zero-order valence-corrected chi connectivity index (χ0v) is 8.85. The predicted octanol–water partition coefficient (Wildman–Crippen LogP) is 1.61. The molecule has 78 valence electrons. The first-order chi connectivity index (χ1) is 5.68. The molecule has 0 aromatic rings. The molecule has 3 nitrogen and oxygen atoms in total. The van der Waals surface area contributed by atoms with Crippen LogP contribution in [0.4, 0.5) is 0 Å². The van der Waals surface area contributed by atoms with Crippen LogP contribution in [0.1, 0.15) is 25.7 Å². The highest BCUT2D eigenvalue weighted by Gasteiger charge is 2.22. The van der Waals surface area contributed by atoms with Gasteiger partial charge in [0.05, 0.1) is 0 Å². The number of rotatable bonds is 6. The molecule has 0 heterocycles. The molecule has 1 rings (SSSR count). The zero-order chi connectivity index (χ0) is 8.97. The van der Waals surface area contributed by atoms with E-state index < -0.39 is 5.97 Å². The SMILES string of the molecule is CN(CCCC(=O)O)CC1CC1.Cl. The highest BCUT2D eigenvalue weighted by atomic mass is 35.5. The Morgan fingerprint density at radius 2 is 2.15 bits per heavy atom. The second kappa shape index (κ2) is 6.22. The summed E-state index contributed by atoms with van der Waals surface area (Å²) in [7, 11) is 2.07.